The Morgan fingerprint density at radius 2 is 1.63 bits per heavy atom. The fourth-order valence-electron chi connectivity index (χ4n) is 1.76. The van der Waals surface area contributed by atoms with Crippen LogP contribution in [0, 0.1) is 0 Å². The van der Waals surface area contributed by atoms with Crippen LogP contribution in [0.5, 0.6) is 0 Å². The topological polar surface area (TPSA) is 54.4 Å². The molecule has 0 spiro atoms. The van der Waals surface area contributed by atoms with Crippen molar-refractivity contribution in [3.8, 4) is 0 Å². The first-order chi connectivity index (χ1) is 9.22. The van der Waals surface area contributed by atoms with Gasteiger partial charge in [-0.25, -0.2) is 0 Å². The maximum Gasteiger partial charge on any atom is 0.175 e. The molecule has 98 valence electrons. The van der Waals surface area contributed by atoms with Crippen LogP contribution in [-0.2, 0) is 17.4 Å². The number of aliphatic hydroxyl groups excluding tert-OH is 1. The highest BCUT2D eigenvalue weighted by molar-refractivity contribution is 7.85. The van der Waals surface area contributed by atoms with Gasteiger partial charge >= 0.3 is 0 Å². The summed E-state index contributed by atoms with van der Waals surface area (Å²) < 4.78 is 12.2. The Balaban J connectivity index is 2.16. The van der Waals surface area contributed by atoms with E-state index in [2.05, 4.69) is 0 Å². The molecule has 0 saturated heterocycles. The van der Waals surface area contributed by atoms with Crippen molar-refractivity contribution in [1.29, 1.82) is 0 Å². The maximum atomic E-state index is 12.2. The van der Waals surface area contributed by atoms with E-state index in [1.165, 1.54) is 0 Å². The Kier molecular flexibility index (Phi) is 4.60. The highest BCUT2D eigenvalue weighted by Crippen LogP contribution is 2.15. The second-order valence-electron chi connectivity index (χ2n) is 4.04. The summed E-state index contributed by atoms with van der Waals surface area (Å²) in [5.74, 6) is -0.229. The van der Waals surface area contributed by atoms with E-state index >= 15 is 0 Å². The Labute approximate surface area is 114 Å². The number of carbonyl (C=O) groups is 1. The zero-order valence-corrected chi connectivity index (χ0v) is 11.1. The zero-order valence-electron chi connectivity index (χ0n) is 10.3. The van der Waals surface area contributed by atoms with Gasteiger partial charge < -0.3 is 5.11 Å². The van der Waals surface area contributed by atoms with Gasteiger partial charge in [0, 0.05) is 10.5 Å². The fraction of sp³-hybridized carbons (Fsp3) is 0.133. The van der Waals surface area contributed by atoms with Crippen LogP contribution in [0.1, 0.15) is 15.9 Å². The molecule has 0 aliphatic rings. The summed E-state index contributed by atoms with van der Waals surface area (Å²) in [4.78, 5) is 12.5. The summed E-state index contributed by atoms with van der Waals surface area (Å²) in [6.07, 6.45) is 0. The van der Waals surface area contributed by atoms with Crippen molar-refractivity contribution in [2.24, 2.45) is 0 Å². The number of Topliss-reactive ketones (excluding diaryl/α,β-unsaturated/α-hetero) is 1. The van der Waals surface area contributed by atoms with Crippen LogP contribution in [0.3, 0.4) is 0 Å². The van der Waals surface area contributed by atoms with E-state index in [-0.39, 0.29) is 18.1 Å². The van der Waals surface area contributed by atoms with Gasteiger partial charge in [-0.1, -0.05) is 48.5 Å². The molecule has 0 aliphatic carbocycles. The average molecular weight is 274 g/mol. The molecular formula is C15H14O3S. The van der Waals surface area contributed by atoms with Crippen molar-refractivity contribution >= 4 is 16.6 Å². The second kappa shape index (κ2) is 6.41. The summed E-state index contributed by atoms with van der Waals surface area (Å²) in [5, 5.41) is 9.20. The predicted molar refractivity (Wildman–Crippen MR) is 74.4 cm³/mol. The molecule has 4 heteroatoms. The van der Waals surface area contributed by atoms with Crippen molar-refractivity contribution in [3.63, 3.8) is 0 Å². The maximum absolute atomic E-state index is 12.2. The van der Waals surface area contributed by atoms with Crippen molar-refractivity contribution in [3.05, 3.63) is 65.7 Å². The molecule has 2 rings (SSSR count). The summed E-state index contributed by atoms with van der Waals surface area (Å²) in [7, 11) is -1.43. The minimum Gasteiger partial charge on any atom is -0.392 e. The Bertz CT molecular complexity index is 593. The molecule has 0 heterocycles. The number of ketones is 1. The highest BCUT2D eigenvalue weighted by Gasteiger charge is 2.14. The standard InChI is InChI=1S/C15H14O3S/c16-10-13-8-4-5-9-15(13)19(18)11-14(17)12-6-2-1-3-7-12/h1-9,16H,10-11H2. The van der Waals surface area contributed by atoms with E-state index < -0.39 is 10.8 Å². The van der Waals surface area contributed by atoms with Crippen molar-refractivity contribution < 1.29 is 14.1 Å². The Hall–Kier alpha value is -1.78. The van der Waals surface area contributed by atoms with E-state index in [4.69, 9.17) is 0 Å². The Morgan fingerprint density at radius 1 is 1.00 bits per heavy atom. The molecule has 2 aromatic carbocycles. The lowest BCUT2D eigenvalue weighted by atomic mass is 10.2. The number of carbonyl (C=O) groups excluding carboxylic acids is 1. The van der Waals surface area contributed by atoms with E-state index in [0.29, 0.717) is 16.0 Å². The Morgan fingerprint density at radius 3 is 2.32 bits per heavy atom. The van der Waals surface area contributed by atoms with E-state index in [9.17, 15) is 14.1 Å². The van der Waals surface area contributed by atoms with Crippen molar-refractivity contribution in [2.45, 2.75) is 11.5 Å². The van der Waals surface area contributed by atoms with Gasteiger partial charge in [0.1, 0.15) is 0 Å². The molecule has 19 heavy (non-hydrogen) atoms. The lowest BCUT2D eigenvalue weighted by molar-refractivity contribution is 0.102. The van der Waals surface area contributed by atoms with E-state index in [0.717, 1.165) is 0 Å². The van der Waals surface area contributed by atoms with Crippen LogP contribution >= 0.6 is 0 Å². The van der Waals surface area contributed by atoms with Gasteiger partial charge in [-0.2, -0.15) is 0 Å². The van der Waals surface area contributed by atoms with Gasteiger partial charge in [-0.05, 0) is 11.6 Å². The van der Waals surface area contributed by atoms with Crippen LogP contribution < -0.4 is 0 Å². The molecule has 0 amide bonds. The molecule has 0 aromatic heterocycles. The summed E-state index contributed by atoms with van der Waals surface area (Å²) in [6.45, 7) is -0.179. The van der Waals surface area contributed by atoms with Gasteiger partial charge in [0.05, 0.1) is 23.2 Å². The van der Waals surface area contributed by atoms with Crippen molar-refractivity contribution in [1.82, 2.24) is 0 Å². The van der Waals surface area contributed by atoms with Crippen LogP contribution in [0.15, 0.2) is 59.5 Å². The third-order valence-electron chi connectivity index (χ3n) is 2.75. The normalized spacial score (nSPS) is 12.1. The molecule has 1 atom stereocenters. The van der Waals surface area contributed by atoms with Crippen LogP contribution in [-0.4, -0.2) is 20.9 Å². The number of aliphatic hydroxyl groups is 1. The number of benzene rings is 2. The minimum absolute atomic E-state index is 0.0684. The molecule has 1 N–H and O–H groups in total. The van der Waals surface area contributed by atoms with Crippen LogP contribution in [0.4, 0.5) is 0 Å². The largest absolute Gasteiger partial charge is 0.392 e. The van der Waals surface area contributed by atoms with E-state index in [1.807, 2.05) is 6.07 Å². The quantitative estimate of drug-likeness (QED) is 0.850. The molecule has 3 nitrogen and oxygen atoms in total. The molecular weight excluding hydrogens is 260 g/mol. The SMILES string of the molecule is O=C(CS(=O)c1ccccc1CO)c1ccccc1. The first-order valence-electron chi connectivity index (χ1n) is 5.87. The smallest absolute Gasteiger partial charge is 0.175 e. The number of rotatable bonds is 5. The minimum atomic E-state index is -1.43. The summed E-state index contributed by atoms with van der Waals surface area (Å²) >= 11 is 0. The first-order valence-corrected chi connectivity index (χ1v) is 7.19. The monoisotopic (exact) mass is 274 g/mol. The molecule has 0 radical (unpaired) electrons. The van der Waals surface area contributed by atoms with E-state index in [1.54, 1.807) is 48.5 Å². The predicted octanol–water partition coefficient (Wildman–Crippen LogP) is 2.17. The summed E-state index contributed by atoms with van der Waals surface area (Å²) in [5.41, 5.74) is 1.15. The molecule has 1 unspecified atom stereocenters. The van der Waals surface area contributed by atoms with Gasteiger partial charge in [0.25, 0.3) is 0 Å². The molecule has 0 saturated carbocycles. The second-order valence-corrected chi connectivity index (χ2v) is 5.46. The number of hydrogen-bond donors (Lipinski definition) is 1. The van der Waals surface area contributed by atoms with Gasteiger partial charge in [0.15, 0.2) is 5.78 Å². The highest BCUT2D eigenvalue weighted by atomic mass is 32.2. The van der Waals surface area contributed by atoms with Crippen LogP contribution in [0.25, 0.3) is 0 Å². The molecule has 2 aromatic rings. The van der Waals surface area contributed by atoms with Gasteiger partial charge in [0.2, 0.25) is 0 Å². The zero-order chi connectivity index (χ0) is 13.7. The molecule has 0 bridgehead atoms. The van der Waals surface area contributed by atoms with Crippen LogP contribution in [0.2, 0.25) is 0 Å². The summed E-state index contributed by atoms with van der Waals surface area (Å²) in [6, 6.07) is 15.7. The lowest BCUT2D eigenvalue weighted by Crippen LogP contribution is -2.12. The van der Waals surface area contributed by atoms with Crippen molar-refractivity contribution in [2.75, 3.05) is 5.75 Å². The van der Waals surface area contributed by atoms with Gasteiger partial charge in [-0.3, -0.25) is 9.00 Å². The molecule has 0 aliphatic heterocycles. The fourth-order valence-corrected chi connectivity index (χ4v) is 2.98. The first kappa shape index (κ1) is 13.6. The lowest BCUT2D eigenvalue weighted by Gasteiger charge is -2.06. The van der Waals surface area contributed by atoms with Gasteiger partial charge in [-0.15, -0.1) is 0 Å². The number of hydrogen-bond acceptors (Lipinski definition) is 3. The average Bonchev–Trinajstić information content (AvgIpc) is 2.48. The third-order valence-corrected chi connectivity index (χ3v) is 4.16. The molecule has 0 fully saturated rings. The third kappa shape index (κ3) is 3.36.